The van der Waals surface area contributed by atoms with Crippen LogP contribution in [0.4, 0.5) is 0 Å². The van der Waals surface area contributed by atoms with Gasteiger partial charge in [-0.15, -0.1) is 11.8 Å². The fraction of sp³-hybridized carbons (Fsp3) is 0.462. The maximum Gasteiger partial charge on any atom is 0.340 e. The van der Waals surface area contributed by atoms with Crippen LogP contribution in [0.15, 0.2) is 29.2 Å². The van der Waals surface area contributed by atoms with Gasteiger partial charge < -0.3 is 14.9 Å². The van der Waals surface area contributed by atoms with Crippen molar-refractivity contribution in [1.82, 2.24) is 0 Å². The van der Waals surface area contributed by atoms with E-state index in [1.807, 2.05) is 24.3 Å². The summed E-state index contributed by atoms with van der Waals surface area (Å²) in [7, 11) is 0. The number of thioether (sulfide) groups is 1. The molecule has 0 bridgehead atoms. The summed E-state index contributed by atoms with van der Waals surface area (Å²) in [4.78, 5) is 12.6. The number of rotatable bonds is 5. The Morgan fingerprint density at radius 1 is 1.44 bits per heavy atom. The Labute approximate surface area is 110 Å². The van der Waals surface area contributed by atoms with Crippen molar-refractivity contribution in [2.24, 2.45) is 0 Å². The zero-order valence-electron chi connectivity index (χ0n) is 9.96. The van der Waals surface area contributed by atoms with E-state index >= 15 is 0 Å². The number of carboxylic acid groups (broad SMARTS) is 1. The lowest BCUT2D eigenvalue weighted by Crippen LogP contribution is -2.41. The molecule has 0 saturated carbocycles. The molecule has 0 fully saturated rings. The topological polar surface area (TPSA) is 66.8 Å². The molecular weight excluding hydrogens is 252 g/mol. The summed E-state index contributed by atoms with van der Waals surface area (Å²) in [5.41, 5.74) is -0.525. The molecular formula is C13H16O4S. The molecule has 0 aliphatic carbocycles. The van der Waals surface area contributed by atoms with Crippen LogP contribution in [0.5, 0.6) is 0 Å². The lowest BCUT2D eigenvalue weighted by Gasteiger charge is -2.34. The number of hydrogen-bond acceptors (Lipinski definition) is 4. The minimum absolute atomic E-state index is 0.00605. The molecule has 1 aliphatic heterocycles. The van der Waals surface area contributed by atoms with Crippen molar-refractivity contribution in [3.8, 4) is 0 Å². The van der Waals surface area contributed by atoms with Crippen molar-refractivity contribution in [1.29, 1.82) is 0 Å². The molecule has 0 aromatic heterocycles. The summed E-state index contributed by atoms with van der Waals surface area (Å²) in [6, 6.07) is 7.47. The molecule has 1 aromatic rings. The van der Waals surface area contributed by atoms with Crippen molar-refractivity contribution in [3.63, 3.8) is 0 Å². The second-order valence-corrected chi connectivity index (χ2v) is 5.29. The molecule has 1 aromatic carbocycles. The minimum Gasteiger partial charge on any atom is -0.479 e. The van der Waals surface area contributed by atoms with Gasteiger partial charge in [-0.05, 0) is 12.5 Å². The van der Waals surface area contributed by atoms with Gasteiger partial charge in [-0.1, -0.05) is 18.2 Å². The van der Waals surface area contributed by atoms with Crippen molar-refractivity contribution in [2.75, 3.05) is 19.0 Å². The second-order valence-electron chi connectivity index (χ2n) is 4.15. The van der Waals surface area contributed by atoms with E-state index < -0.39 is 11.6 Å². The summed E-state index contributed by atoms with van der Waals surface area (Å²) in [6.45, 7) is 0.258. The van der Waals surface area contributed by atoms with Crippen molar-refractivity contribution in [2.45, 2.75) is 23.3 Å². The number of carboxylic acids is 1. The van der Waals surface area contributed by atoms with Crippen LogP contribution in [0.1, 0.15) is 18.4 Å². The number of aliphatic hydroxyl groups is 1. The Morgan fingerprint density at radius 2 is 2.22 bits per heavy atom. The quantitative estimate of drug-likeness (QED) is 0.798. The monoisotopic (exact) mass is 268 g/mol. The molecule has 0 spiro atoms. The molecule has 2 rings (SSSR count). The maximum atomic E-state index is 11.6. The number of hydrogen-bond donors (Lipinski definition) is 2. The molecule has 5 heteroatoms. The summed E-state index contributed by atoms with van der Waals surface area (Å²) in [5.74, 6) is -0.226. The standard InChI is InChI=1S/C13H16O4S/c14-7-3-8-17-13(12(15)16)6-9-18-11-5-2-1-4-10(11)13/h1-2,4-5,14H,3,6-9H2,(H,15,16). The first-order chi connectivity index (χ1) is 8.70. The fourth-order valence-corrected chi connectivity index (χ4v) is 3.28. The highest BCUT2D eigenvalue weighted by Crippen LogP contribution is 2.42. The Bertz CT molecular complexity index is 435. The first-order valence-electron chi connectivity index (χ1n) is 5.91. The highest BCUT2D eigenvalue weighted by Gasteiger charge is 2.45. The SMILES string of the molecule is O=C(O)C1(OCCCO)CCSc2ccccc21. The van der Waals surface area contributed by atoms with Crippen LogP contribution in [0, 0.1) is 0 Å². The van der Waals surface area contributed by atoms with Crippen LogP contribution in [0.3, 0.4) is 0 Å². The van der Waals surface area contributed by atoms with E-state index in [1.54, 1.807) is 11.8 Å². The van der Waals surface area contributed by atoms with Crippen LogP contribution in [0.2, 0.25) is 0 Å². The van der Waals surface area contributed by atoms with Crippen LogP contribution in [0.25, 0.3) is 0 Å². The molecule has 4 nitrogen and oxygen atoms in total. The van der Waals surface area contributed by atoms with Gasteiger partial charge in [0, 0.05) is 29.2 Å². The number of fused-ring (bicyclic) bond motifs is 1. The molecule has 1 aliphatic rings. The third-order valence-corrected chi connectivity index (χ3v) is 4.11. The largest absolute Gasteiger partial charge is 0.479 e. The highest BCUT2D eigenvalue weighted by atomic mass is 32.2. The van der Waals surface area contributed by atoms with Crippen LogP contribution >= 0.6 is 11.8 Å². The molecule has 98 valence electrons. The molecule has 0 amide bonds. The van der Waals surface area contributed by atoms with Crippen molar-refractivity contribution < 1.29 is 19.7 Å². The van der Waals surface area contributed by atoms with E-state index in [2.05, 4.69) is 0 Å². The van der Waals surface area contributed by atoms with Gasteiger partial charge in [0.15, 0.2) is 5.60 Å². The van der Waals surface area contributed by atoms with Gasteiger partial charge in [-0.25, -0.2) is 4.79 Å². The van der Waals surface area contributed by atoms with E-state index in [1.165, 1.54) is 0 Å². The number of aliphatic carboxylic acids is 1. The smallest absolute Gasteiger partial charge is 0.340 e. The minimum atomic E-state index is -1.25. The van der Waals surface area contributed by atoms with Crippen LogP contribution in [-0.4, -0.2) is 35.1 Å². The van der Waals surface area contributed by atoms with Crippen molar-refractivity contribution in [3.05, 3.63) is 29.8 Å². The summed E-state index contributed by atoms with van der Waals surface area (Å²) < 4.78 is 5.63. The number of aliphatic hydroxyl groups excluding tert-OH is 1. The number of ether oxygens (including phenoxy) is 1. The summed E-state index contributed by atoms with van der Waals surface area (Å²) in [5, 5.41) is 18.3. The van der Waals surface area contributed by atoms with Crippen molar-refractivity contribution >= 4 is 17.7 Å². The molecule has 0 saturated heterocycles. The van der Waals surface area contributed by atoms with Gasteiger partial charge in [-0.3, -0.25) is 0 Å². The summed E-state index contributed by atoms with van der Waals surface area (Å²) in [6.07, 6.45) is 0.903. The average molecular weight is 268 g/mol. The lowest BCUT2D eigenvalue weighted by atomic mass is 9.90. The van der Waals surface area contributed by atoms with Gasteiger partial charge >= 0.3 is 5.97 Å². The first-order valence-corrected chi connectivity index (χ1v) is 6.90. The number of benzene rings is 1. The Kier molecular flexibility index (Phi) is 4.27. The molecule has 2 N–H and O–H groups in total. The Morgan fingerprint density at radius 3 is 2.94 bits per heavy atom. The second kappa shape index (κ2) is 5.73. The zero-order chi connectivity index (χ0) is 13.0. The van der Waals surface area contributed by atoms with E-state index in [9.17, 15) is 9.90 Å². The van der Waals surface area contributed by atoms with E-state index in [-0.39, 0.29) is 13.2 Å². The molecule has 1 atom stereocenters. The van der Waals surface area contributed by atoms with Gasteiger partial charge in [0.25, 0.3) is 0 Å². The van der Waals surface area contributed by atoms with E-state index in [0.717, 1.165) is 16.2 Å². The predicted molar refractivity (Wildman–Crippen MR) is 68.8 cm³/mol. The predicted octanol–water partition coefficient (Wildman–Crippen LogP) is 1.86. The molecule has 18 heavy (non-hydrogen) atoms. The maximum absolute atomic E-state index is 11.6. The highest BCUT2D eigenvalue weighted by molar-refractivity contribution is 7.99. The van der Waals surface area contributed by atoms with Crippen LogP contribution < -0.4 is 0 Å². The zero-order valence-corrected chi connectivity index (χ0v) is 10.8. The van der Waals surface area contributed by atoms with Crippen LogP contribution in [-0.2, 0) is 15.1 Å². The van der Waals surface area contributed by atoms with E-state index in [4.69, 9.17) is 9.84 Å². The van der Waals surface area contributed by atoms with Gasteiger partial charge in [0.1, 0.15) is 0 Å². The fourth-order valence-electron chi connectivity index (χ4n) is 2.11. The number of carbonyl (C=O) groups is 1. The average Bonchev–Trinajstić information content (AvgIpc) is 2.39. The van der Waals surface area contributed by atoms with Gasteiger partial charge in [-0.2, -0.15) is 0 Å². The van der Waals surface area contributed by atoms with E-state index in [0.29, 0.717) is 12.8 Å². The van der Waals surface area contributed by atoms with Gasteiger partial charge in [0.2, 0.25) is 0 Å². The normalized spacial score (nSPS) is 22.5. The Balaban J connectivity index is 2.33. The summed E-state index contributed by atoms with van der Waals surface area (Å²) >= 11 is 1.65. The Hall–Kier alpha value is -1.04. The lowest BCUT2D eigenvalue weighted by molar-refractivity contribution is -0.169. The molecule has 0 radical (unpaired) electrons. The van der Waals surface area contributed by atoms with Gasteiger partial charge in [0.05, 0.1) is 6.61 Å². The molecule has 1 unspecified atom stereocenters. The first kappa shape index (κ1) is 13.4. The molecule has 1 heterocycles. The third kappa shape index (κ3) is 2.39. The third-order valence-electron chi connectivity index (χ3n) is 3.03.